The summed E-state index contributed by atoms with van der Waals surface area (Å²) < 4.78 is 5.02. The second-order valence-corrected chi connectivity index (χ2v) is 5.72. The lowest BCUT2D eigenvalue weighted by Crippen LogP contribution is -2.42. The van der Waals surface area contributed by atoms with Crippen molar-refractivity contribution in [2.24, 2.45) is 0 Å². The number of rotatable bonds is 6. The Bertz CT molecular complexity index is 564. The van der Waals surface area contributed by atoms with Crippen LogP contribution in [0.25, 0.3) is 0 Å². The van der Waals surface area contributed by atoms with Gasteiger partial charge in [-0.25, -0.2) is 4.98 Å². The van der Waals surface area contributed by atoms with Crippen molar-refractivity contribution < 1.29 is 14.3 Å². The monoisotopic (exact) mass is 320 g/mol. The summed E-state index contributed by atoms with van der Waals surface area (Å²) in [7, 11) is 5.18. The third-order valence-corrected chi connectivity index (χ3v) is 4.39. The van der Waals surface area contributed by atoms with Crippen LogP contribution in [0.15, 0.2) is 18.3 Å². The first-order valence-corrected chi connectivity index (χ1v) is 7.76. The Balaban J connectivity index is 1.86. The smallest absolute Gasteiger partial charge is 0.251 e. The van der Waals surface area contributed by atoms with Crippen molar-refractivity contribution in [1.82, 2.24) is 20.5 Å². The molecule has 7 nitrogen and oxygen atoms in total. The van der Waals surface area contributed by atoms with Gasteiger partial charge in [0.15, 0.2) is 0 Å². The topological polar surface area (TPSA) is 83.6 Å². The molecule has 1 aromatic heterocycles. The molecule has 1 saturated heterocycles. The summed E-state index contributed by atoms with van der Waals surface area (Å²) in [4.78, 5) is 29.9. The van der Waals surface area contributed by atoms with Gasteiger partial charge in [0, 0.05) is 49.9 Å². The van der Waals surface area contributed by atoms with Crippen LogP contribution in [0.2, 0.25) is 0 Å². The molecule has 126 valence electrons. The molecule has 23 heavy (non-hydrogen) atoms. The van der Waals surface area contributed by atoms with Gasteiger partial charge in [0.05, 0.1) is 7.11 Å². The van der Waals surface area contributed by atoms with Gasteiger partial charge in [0.25, 0.3) is 5.91 Å². The van der Waals surface area contributed by atoms with Gasteiger partial charge in [0.1, 0.15) is 0 Å². The van der Waals surface area contributed by atoms with E-state index in [1.54, 1.807) is 25.4 Å². The Morgan fingerprint density at radius 2 is 2.13 bits per heavy atom. The minimum Gasteiger partial charge on any atom is -0.481 e. The highest BCUT2D eigenvalue weighted by atomic mass is 16.5. The molecule has 0 spiro atoms. The molecular weight excluding hydrogens is 296 g/mol. The fourth-order valence-corrected chi connectivity index (χ4v) is 2.87. The molecular formula is C16H24N4O3. The van der Waals surface area contributed by atoms with Crippen LogP contribution < -0.4 is 15.4 Å². The molecule has 2 atom stereocenters. The SMILES string of the molecule is CNC(=O)C[C@H]1CC[C@@H](CNC(=O)c2ccnc(OC)c2)N1C. The van der Waals surface area contributed by atoms with Crippen LogP contribution in [0.3, 0.4) is 0 Å². The van der Waals surface area contributed by atoms with Gasteiger partial charge in [-0.05, 0) is 26.0 Å². The zero-order chi connectivity index (χ0) is 16.8. The van der Waals surface area contributed by atoms with Gasteiger partial charge in [-0.1, -0.05) is 0 Å². The molecule has 0 unspecified atom stereocenters. The molecule has 1 aliphatic heterocycles. The first-order valence-electron chi connectivity index (χ1n) is 7.76. The van der Waals surface area contributed by atoms with Crippen molar-refractivity contribution in [1.29, 1.82) is 0 Å². The van der Waals surface area contributed by atoms with Gasteiger partial charge in [-0.3, -0.25) is 14.5 Å². The standard InChI is InChI=1S/C16H24N4O3/c1-17-14(21)9-12-4-5-13(20(12)2)10-19-16(22)11-6-7-18-15(8-11)23-3/h6-8,12-13H,4-5,9-10H2,1-3H3,(H,17,21)(H,19,22)/t12-,13+/m1/s1. The molecule has 1 aliphatic rings. The molecule has 0 aliphatic carbocycles. The quantitative estimate of drug-likeness (QED) is 0.794. The number of nitrogens with zero attached hydrogens (tertiary/aromatic N) is 2. The molecule has 2 amide bonds. The van der Waals surface area contributed by atoms with Crippen molar-refractivity contribution in [3.05, 3.63) is 23.9 Å². The number of carbonyl (C=O) groups is 2. The molecule has 1 aromatic rings. The van der Waals surface area contributed by atoms with Gasteiger partial charge in [-0.2, -0.15) is 0 Å². The van der Waals surface area contributed by atoms with E-state index in [4.69, 9.17) is 4.74 Å². The lowest BCUT2D eigenvalue weighted by Gasteiger charge is -2.25. The van der Waals surface area contributed by atoms with E-state index in [1.165, 1.54) is 7.11 Å². The second-order valence-electron chi connectivity index (χ2n) is 5.72. The second kappa shape index (κ2) is 7.92. The molecule has 2 heterocycles. The summed E-state index contributed by atoms with van der Waals surface area (Å²) in [6.07, 6.45) is 3.99. The van der Waals surface area contributed by atoms with Crippen molar-refractivity contribution in [2.45, 2.75) is 31.3 Å². The fraction of sp³-hybridized carbons (Fsp3) is 0.562. The highest BCUT2D eigenvalue weighted by Crippen LogP contribution is 2.24. The Morgan fingerprint density at radius 1 is 1.39 bits per heavy atom. The van der Waals surface area contributed by atoms with Crippen LogP contribution in [0.1, 0.15) is 29.6 Å². The number of likely N-dealkylation sites (N-methyl/N-ethyl adjacent to an activating group) is 1. The van der Waals surface area contributed by atoms with E-state index in [0.717, 1.165) is 12.8 Å². The van der Waals surface area contributed by atoms with Gasteiger partial charge >= 0.3 is 0 Å². The van der Waals surface area contributed by atoms with E-state index in [-0.39, 0.29) is 23.9 Å². The summed E-state index contributed by atoms with van der Waals surface area (Å²) in [6.45, 7) is 0.560. The van der Waals surface area contributed by atoms with E-state index >= 15 is 0 Å². The fourth-order valence-electron chi connectivity index (χ4n) is 2.87. The van der Waals surface area contributed by atoms with Crippen molar-refractivity contribution >= 4 is 11.8 Å². The Labute approximate surface area is 136 Å². The van der Waals surface area contributed by atoms with E-state index in [1.807, 2.05) is 7.05 Å². The maximum absolute atomic E-state index is 12.2. The van der Waals surface area contributed by atoms with Gasteiger partial charge in [0.2, 0.25) is 11.8 Å². The average molecular weight is 320 g/mol. The summed E-state index contributed by atoms with van der Waals surface area (Å²) in [6, 6.07) is 3.75. The van der Waals surface area contributed by atoms with Crippen molar-refractivity contribution in [3.63, 3.8) is 0 Å². The Kier molecular flexibility index (Phi) is 5.92. The number of nitrogens with one attached hydrogen (secondary N) is 2. The highest BCUT2D eigenvalue weighted by molar-refractivity contribution is 5.94. The summed E-state index contributed by atoms with van der Waals surface area (Å²) >= 11 is 0. The number of pyridine rings is 1. The van der Waals surface area contributed by atoms with E-state index in [2.05, 4.69) is 20.5 Å². The van der Waals surface area contributed by atoms with Crippen molar-refractivity contribution in [2.75, 3.05) is 27.7 Å². The predicted molar refractivity (Wildman–Crippen MR) is 86.4 cm³/mol. The van der Waals surface area contributed by atoms with Crippen LogP contribution in [0, 0.1) is 0 Å². The van der Waals surface area contributed by atoms with Crippen LogP contribution in [0.4, 0.5) is 0 Å². The van der Waals surface area contributed by atoms with Crippen LogP contribution in [0.5, 0.6) is 5.88 Å². The van der Waals surface area contributed by atoms with Crippen LogP contribution in [-0.2, 0) is 4.79 Å². The number of likely N-dealkylation sites (tertiary alicyclic amines) is 1. The number of ether oxygens (including phenoxy) is 1. The molecule has 0 saturated carbocycles. The number of aromatic nitrogens is 1. The van der Waals surface area contributed by atoms with Crippen LogP contribution >= 0.6 is 0 Å². The molecule has 0 radical (unpaired) electrons. The maximum Gasteiger partial charge on any atom is 0.251 e. The van der Waals surface area contributed by atoms with E-state index in [9.17, 15) is 9.59 Å². The molecule has 1 fully saturated rings. The Morgan fingerprint density at radius 3 is 2.83 bits per heavy atom. The van der Waals surface area contributed by atoms with Gasteiger partial charge < -0.3 is 15.4 Å². The minimum atomic E-state index is -0.145. The molecule has 0 bridgehead atoms. The molecule has 0 aromatic carbocycles. The van der Waals surface area contributed by atoms with E-state index in [0.29, 0.717) is 24.4 Å². The predicted octanol–water partition coefficient (Wildman–Crippen LogP) is 0.419. The largest absolute Gasteiger partial charge is 0.481 e. The maximum atomic E-state index is 12.2. The molecule has 2 rings (SSSR count). The minimum absolute atomic E-state index is 0.0513. The molecule has 2 N–H and O–H groups in total. The zero-order valence-corrected chi connectivity index (χ0v) is 13.8. The van der Waals surface area contributed by atoms with Crippen LogP contribution in [-0.4, -0.2) is 61.5 Å². The number of hydrogen-bond donors (Lipinski definition) is 2. The number of amides is 2. The first-order chi connectivity index (χ1) is 11.0. The highest BCUT2D eigenvalue weighted by Gasteiger charge is 2.31. The molecule has 7 heteroatoms. The summed E-state index contributed by atoms with van der Waals surface area (Å²) in [5.74, 6) is 0.325. The third-order valence-electron chi connectivity index (χ3n) is 4.39. The average Bonchev–Trinajstić information content (AvgIpc) is 2.92. The summed E-state index contributed by atoms with van der Waals surface area (Å²) in [5, 5.41) is 5.60. The van der Waals surface area contributed by atoms with Gasteiger partial charge in [-0.15, -0.1) is 0 Å². The third kappa shape index (κ3) is 4.41. The Hall–Kier alpha value is -2.15. The number of hydrogen-bond acceptors (Lipinski definition) is 5. The zero-order valence-electron chi connectivity index (χ0n) is 13.8. The number of methoxy groups -OCH3 is 1. The lowest BCUT2D eigenvalue weighted by molar-refractivity contribution is -0.121. The first kappa shape index (κ1) is 17.2. The lowest BCUT2D eigenvalue weighted by atomic mass is 10.1. The normalized spacial score (nSPS) is 21.0. The number of carbonyl (C=O) groups excluding carboxylic acids is 2. The van der Waals surface area contributed by atoms with E-state index < -0.39 is 0 Å². The van der Waals surface area contributed by atoms with Crippen molar-refractivity contribution in [3.8, 4) is 5.88 Å². The summed E-state index contributed by atoms with van der Waals surface area (Å²) in [5.41, 5.74) is 0.527.